The van der Waals surface area contributed by atoms with Gasteiger partial charge in [-0.2, -0.15) is 0 Å². The number of thioether (sulfide) groups is 1. The number of nitrogens with one attached hydrogen (secondary N) is 1. The van der Waals surface area contributed by atoms with Crippen LogP contribution >= 0.6 is 23.1 Å². The van der Waals surface area contributed by atoms with E-state index in [1.807, 2.05) is 65.2 Å². The zero-order chi connectivity index (χ0) is 21.9. The van der Waals surface area contributed by atoms with Gasteiger partial charge in [0.05, 0.1) is 18.4 Å². The van der Waals surface area contributed by atoms with Gasteiger partial charge in [0.15, 0.2) is 10.2 Å². The van der Waals surface area contributed by atoms with Gasteiger partial charge in [0.2, 0.25) is 5.13 Å². The van der Waals surface area contributed by atoms with Gasteiger partial charge < -0.3 is 10.1 Å². The molecule has 3 aromatic carbocycles. The van der Waals surface area contributed by atoms with E-state index in [-0.39, 0.29) is 5.82 Å². The Kier molecular flexibility index (Phi) is 5.74. The Hall–Kier alpha value is -3.43. The maximum atomic E-state index is 14.4. The van der Waals surface area contributed by atoms with Gasteiger partial charge in [-0.25, -0.2) is 9.37 Å². The lowest BCUT2D eigenvalue weighted by Crippen LogP contribution is -1.99. The van der Waals surface area contributed by atoms with Crippen LogP contribution in [-0.4, -0.2) is 26.9 Å². The second-order valence-corrected chi connectivity index (χ2v) is 9.03. The maximum absolute atomic E-state index is 14.4. The Morgan fingerprint density at radius 2 is 1.88 bits per heavy atom. The Balaban J connectivity index is 1.38. The molecule has 0 bridgehead atoms. The molecular formula is C23H18FN5OS2. The number of hydrogen-bond acceptors (Lipinski definition) is 7. The van der Waals surface area contributed by atoms with Crippen molar-refractivity contribution in [2.75, 3.05) is 12.4 Å². The summed E-state index contributed by atoms with van der Waals surface area (Å²) in [5.41, 5.74) is 2.92. The third-order valence-corrected chi connectivity index (χ3v) is 6.74. The number of fused-ring (bicyclic) bond motifs is 1. The molecule has 0 aliphatic carbocycles. The summed E-state index contributed by atoms with van der Waals surface area (Å²) < 4.78 is 22.4. The molecule has 160 valence electrons. The van der Waals surface area contributed by atoms with Crippen molar-refractivity contribution >= 4 is 45.0 Å². The highest BCUT2D eigenvalue weighted by Gasteiger charge is 2.16. The van der Waals surface area contributed by atoms with Crippen molar-refractivity contribution in [2.45, 2.75) is 10.1 Å². The third kappa shape index (κ3) is 4.17. The van der Waals surface area contributed by atoms with Crippen LogP contribution in [0.25, 0.3) is 16.7 Å². The van der Waals surface area contributed by atoms with Crippen LogP contribution in [0, 0.1) is 5.82 Å². The summed E-state index contributed by atoms with van der Waals surface area (Å²) in [7, 11) is 1.63. The van der Waals surface area contributed by atoms with Crippen molar-refractivity contribution < 1.29 is 9.13 Å². The SMILES string of the molecule is COc1cccc(Nc2nnc(SCc3nc4c(F)cccc4n3-c3ccccc3)s2)c1. The highest BCUT2D eigenvalue weighted by atomic mass is 32.2. The van der Waals surface area contributed by atoms with Crippen molar-refractivity contribution in [3.63, 3.8) is 0 Å². The minimum Gasteiger partial charge on any atom is -0.497 e. The van der Waals surface area contributed by atoms with Crippen molar-refractivity contribution in [1.82, 2.24) is 19.7 Å². The first kappa shape index (κ1) is 20.5. The number of ether oxygens (including phenoxy) is 1. The molecule has 1 N–H and O–H groups in total. The van der Waals surface area contributed by atoms with Crippen LogP contribution in [0.1, 0.15) is 5.82 Å². The van der Waals surface area contributed by atoms with Gasteiger partial charge in [-0.3, -0.25) is 4.57 Å². The summed E-state index contributed by atoms with van der Waals surface area (Å²) >= 11 is 2.97. The molecule has 6 nitrogen and oxygen atoms in total. The average molecular weight is 464 g/mol. The number of halogens is 1. The summed E-state index contributed by atoms with van der Waals surface area (Å²) in [6, 6.07) is 22.5. The lowest BCUT2D eigenvalue weighted by Gasteiger charge is -2.08. The third-order valence-electron chi connectivity index (χ3n) is 4.77. The largest absolute Gasteiger partial charge is 0.497 e. The van der Waals surface area contributed by atoms with E-state index >= 15 is 0 Å². The second-order valence-electron chi connectivity index (χ2n) is 6.83. The smallest absolute Gasteiger partial charge is 0.210 e. The number of imidazole rings is 1. The van der Waals surface area contributed by atoms with E-state index < -0.39 is 0 Å². The average Bonchev–Trinajstić information content (AvgIpc) is 3.43. The summed E-state index contributed by atoms with van der Waals surface area (Å²) in [6.45, 7) is 0. The summed E-state index contributed by atoms with van der Waals surface area (Å²) in [5.74, 6) is 1.71. The molecule has 0 spiro atoms. The lowest BCUT2D eigenvalue weighted by atomic mass is 10.2. The molecule has 5 aromatic rings. The van der Waals surface area contributed by atoms with E-state index in [4.69, 9.17) is 4.74 Å². The molecule has 32 heavy (non-hydrogen) atoms. The zero-order valence-electron chi connectivity index (χ0n) is 17.0. The number of aromatic nitrogens is 4. The number of rotatable bonds is 7. The van der Waals surface area contributed by atoms with E-state index in [0.29, 0.717) is 16.4 Å². The first-order chi connectivity index (χ1) is 15.7. The van der Waals surface area contributed by atoms with Crippen molar-refractivity contribution in [3.8, 4) is 11.4 Å². The van der Waals surface area contributed by atoms with E-state index in [1.165, 1.54) is 29.2 Å². The molecule has 0 aliphatic rings. The van der Waals surface area contributed by atoms with E-state index in [9.17, 15) is 4.39 Å². The molecular weight excluding hydrogens is 445 g/mol. The molecule has 0 saturated carbocycles. The fourth-order valence-corrected chi connectivity index (χ4v) is 5.04. The van der Waals surface area contributed by atoms with Gasteiger partial charge in [-0.15, -0.1) is 10.2 Å². The fourth-order valence-electron chi connectivity index (χ4n) is 3.34. The van der Waals surface area contributed by atoms with Crippen molar-refractivity contribution in [1.29, 1.82) is 0 Å². The molecule has 5 rings (SSSR count). The molecule has 0 fully saturated rings. The van der Waals surface area contributed by atoms with Gasteiger partial charge in [-0.05, 0) is 36.4 Å². The van der Waals surface area contributed by atoms with Crippen LogP contribution in [0.4, 0.5) is 15.2 Å². The molecule has 0 atom stereocenters. The van der Waals surface area contributed by atoms with Gasteiger partial charge >= 0.3 is 0 Å². The molecule has 0 unspecified atom stereocenters. The minimum absolute atomic E-state index is 0.330. The first-order valence-corrected chi connectivity index (χ1v) is 11.6. The van der Waals surface area contributed by atoms with Crippen LogP contribution in [0.3, 0.4) is 0 Å². The molecule has 0 aliphatic heterocycles. The van der Waals surface area contributed by atoms with Crippen LogP contribution in [0.15, 0.2) is 77.1 Å². The highest BCUT2D eigenvalue weighted by Crippen LogP contribution is 2.32. The van der Waals surface area contributed by atoms with Crippen LogP contribution in [-0.2, 0) is 5.75 Å². The Morgan fingerprint density at radius 1 is 1.03 bits per heavy atom. The summed E-state index contributed by atoms with van der Waals surface area (Å²) in [5, 5.41) is 12.4. The van der Waals surface area contributed by atoms with E-state index in [0.717, 1.165) is 32.8 Å². The Bertz CT molecular complexity index is 1370. The highest BCUT2D eigenvalue weighted by molar-refractivity contribution is 8.00. The van der Waals surface area contributed by atoms with Gasteiger partial charge in [-0.1, -0.05) is 53.4 Å². The summed E-state index contributed by atoms with van der Waals surface area (Å²) in [4.78, 5) is 4.59. The van der Waals surface area contributed by atoms with Crippen molar-refractivity contribution in [3.05, 3.63) is 84.4 Å². The quantitative estimate of drug-likeness (QED) is 0.296. The van der Waals surface area contributed by atoms with E-state index in [1.54, 1.807) is 13.2 Å². The molecule has 0 saturated heterocycles. The van der Waals surface area contributed by atoms with Crippen LogP contribution in [0.5, 0.6) is 5.75 Å². The molecule has 2 heterocycles. The second kappa shape index (κ2) is 8.97. The maximum Gasteiger partial charge on any atom is 0.210 e. The molecule has 9 heteroatoms. The Labute approximate surface area is 192 Å². The van der Waals surface area contributed by atoms with Gasteiger partial charge in [0.1, 0.15) is 17.1 Å². The number of methoxy groups -OCH3 is 1. The van der Waals surface area contributed by atoms with Gasteiger partial charge in [0, 0.05) is 17.4 Å². The number of benzene rings is 3. The predicted octanol–water partition coefficient (Wildman–Crippen LogP) is 6.06. The number of para-hydroxylation sites is 2. The van der Waals surface area contributed by atoms with Crippen LogP contribution < -0.4 is 10.1 Å². The standard InChI is InChI=1S/C23H18FN5OS2/c1-30-17-10-5-7-15(13-17)25-22-27-28-23(32-22)31-14-20-26-21-18(24)11-6-12-19(21)29(20)16-8-3-2-4-9-16/h2-13H,14H2,1H3,(H,25,27). The number of nitrogens with zero attached hydrogens (tertiary/aromatic N) is 4. The first-order valence-electron chi connectivity index (χ1n) is 9.80. The van der Waals surface area contributed by atoms with Crippen LogP contribution in [0.2, 0.25) is 0 Å². The molecule has 0 amide bonds. The predicted molar refractivity (Wildman–Crippen MR) is 127 cm³/mol. The minimum atomic E-state index is -0.330. The lowest BCUT2D eigenvalue weighted by molar-refractivity contribution is 0.415. The number of anilines is 2. The monoisotopic (exact) mass is 463 g/mol. The molecule has 0 radical (unpaired) electrons. The van der Waals surface area contributed by atoms with E-state index in [2.05, 4.69) is 20.5 Å². The zero-order valence-corrected chi connectivity index (χ0v) is 18.7. The number of hydrogen-bond donors (Lipinski definition) is 1. The normalized spacial score (nSPS) is 11.1. The summed E-state index contributed by atoms with van der Waals surface area (Å²) in [6.07, 6.45) is 0. The fraction of sp³-hybridized carbons (Fsp3) is 0.0870. The Morgan fingerprint density at radius 3 is 2.72 bits per heavy atom. The van der Waals surface area contributed by atoms with Gasteiger partial charge in [0.25, 0.3) is 0 Å². The molecule has 2 aromatic heterocycles. The topological polar surface area (TPSA) is 64.9 Å². The van der Waals surface area contributed by atoms with Crippen molar-refractivity contribution in [2.24, 2.45) is 0 Å².